The highest BCUT2D eigenvalue weighted by Crippen LogP contribution is 1.94. The minimum absolute atomic E-state index is 0.124. The fourth-order valence-corrected chi connectivity index (χ4v) is 1.33. The fraction of sp³-hybridized carbons (Fsp3) is 0.429. The smallest absolute Gasteiger partial charge is 0.407 e. The molecule has 0 aromatic carbocycles. The molecule has 1 heterocycles. The van der Waals surface area contributed by atoms with Gasteiger partial charge in [0.1, 0.15) is 0 Å². The average Bonchev–Trinajstić information content (AvgIpc) is 2.49. The number of rotatable bonds is 3. The summed E-state index contributed by atoms with van der Waals surface area (Å²) in [5.41, 5.74) is 0.683. The summed E-state index contributed by atoms with van der Waals surface area (Å²) in [4.78, 5) is 23.9. The van der Waals surface area contributed by atoms with Gasteiger partial charge in [-0.25, -0.2) is 4.79 Å². The highest BCUT2D eigenvalue weighted by Gasteiger charge is 2.01. The highest BCUT2D eigenvalue weighted by atomic mass is 32.1. The van der Waals surface area contributed by atoms with Gasteiger partial charge in [0.25, 0.3) is 0 Å². The van der Waals surface area contributed by atoms with E-state index < -0.39 is 6.09 Å². The number of hydrogen-bond donors (Lipinski definition) is 2. The quantitative estimate of drug-likeness (QED) is 0.757. The summed E-state index contributed by atoms with van der Waals surface area (Å²) >= 11 is 1.07. The molecular weight excluding hydrogens is 192 g/mol. The van der Waals surface area contributed by atoms with E-state index in [-0.39, 0.29) is 11.4 Å². The van der Waals surface area contributed by atoms with E-state index in [1.807, 2.05) is 0 Å². The van der Waals surface area contributed by atoms with Crippen LogP contribution in [0.25, 0.3) is 0 Å². The first-order valence-electron chi connectivity index (χ1n) is 3.79. The van der Waals surface area contributed by atoms with Crippen molar-refractivity contribution in [3.8, 4) is 0 Å². The van der Waals surface area contributed by atoms with Crippen LogP contribution in [0.15, 0.2) is 10.2 Å². The summed E-state index contributed by atoms with van der Waals surface area (Å²) < 4.78 is 4.63. The van der Waals surface area contributed by atoms with Crippen LogP contribution in [0.5, 0.6) is 0 Å². The van der Waals surface area contributed by atoms with E-state index in [4.69, 9.17) is 0 Å². The number of carbonyl (C=O) groups excluding carboxylic acids is 1. The van der Waals surface area contributed by atoms with Gasteiger partial charge in [-0.3, -0.25) is 4.79 Å². The molecule has 5 nitrogen and oxygen atoms in total. The molecule has 0 aliphatic rings. The third-order valence-electron chi connectivity index (χ3n) is 1.27. The molecule has 0 spiro atoms. The maximum atomic E-state index is 10.8. The summed E-state index contributed by atoms with van der Waals surface area (Å²) in [6.45, 7) is 2.36. The zero-order valence-corrected chi connectivity index (χ0v) is 7.94. The van der Waals surface area contributed by atoms with Crippen LogP contribution in [0, 0.1) is 0 Å². The standard InChI is InChI=1S/C7H10N2O3S/c1-2-12-6(10)8-3-5-4-13-7(11)9-5/h4H,2-3H2,1H3,(H,8,10)(H,9,11). The van der Waals surface area contributed by atoms with Crippen molar-refractivity contribution < 1.29 is 9.53 Å². The Balaban J connectivity index is 2.35. The Morgan fingerprint density at radius 3 is 3.08 bits per heavy atom. The molecule has 0 aliphatic heterocycles. The van der Waals surface area contributed by atoms with Gasteiger partial charge in [-0.2, -0.15) is 0 Å². The van der Waals surface area contributed by atoms with Crippen molar-refractivity contribution in [2.45, 2.75) is 13.5 Å². The molecule has 0 fully saturated rings. The van der Waals surface area contributed by atoms with Crippen LogP contribution in [-0.2, 0) is 11.3 Å². The maximum Gasteiger partial charge on any atom is 0.407 e. The largest absolute Gasteiger partial charge is 0.450 e. The second-order valence-electron chi connectivity index (χ2n) is 2.25. The average molecular weight is 202 g/mol. The minimum Gasteiger partial charge on any atom is -0.450 e. The monoisotopic (exact) mass is 202 g/mol. The molecular formula is C7H10N2O3S. The predicted octanol–water partition coefficient (Wildman–Crippen LogP) is 0.682. The van der Waals surface area contributed by atoms with E-state index in [1.54, 1.807) is 12.3 Å². The van der Waals surface area contributed by atoms with E-state index in [2.05, 4.69) is 15.0 Å². The summed E-state index contributed by atoms with van der Waals surface area (Å²) in [6.07, 6.45) is -0.477. The Kier molecular flexibility index (Phi) is 3.51. The molecule has 0 bridgehead atoms. The van der Waals surface area contributed by atoms with Crippen molar-refractivity contribution in [2.75, 3.05) is 6.61 Å². The van der Waals surface area contributed by atoms with Crippen LogP contribution in [0.4, 0.5) is 4.79 Å². The molecule has 0 aliphatic carbocycles. The molecule has 1 aromatic rings. The molecule has 0 unspecified atom stereocenters. The molecule has 0 atom stereocenters. The number of nitrogens with one attached hydrogen (secondary N) is 2. The van der Waals surface area contributed by atoms with Crippen molar-refractivity contribution in [2.24, 2.45) is 0 Å². The predicted molar refractivity (Wildman–Crippen MR) is 48.8 cm³/mol. The van der Waals surface area contributed by atoms with Gasteiger partial charge >= 0.3 is 11.0 Å². The summed E-state index contributed by atoms with van der Waals surface area (Å²) in [5, 5.41) is 4.15. The number of aromatic nitrogens is 1. The van der Waals surface area contributed by atoms with Gasteiger partial charge in [0.2, 0.25) is 0 Å². The third-order valence-corrected chi connectivity index (χ3v) is 1.99. The van der Waals surface area contributed by atoms with Crippen LogP contribution >= 0.6 is 11.3 Å². The Morgan fingerprint density at radius 1 is 1.77 bits per heavy atom. The Bertz CT molecular complexity index is 330. The lowest BCUT2D eigenvalue weighted by Crippen LogP contribution is -2.24. The first kappa shape index (κ1) is 9.79. The molecule has 1 amide bonds. The van der Waals surface area contributed by atoms with Gasteiger partial charge in [0, 0.05) is 11.1 Å². The van der Waals surface area contributed by atoms with Crippen molar-refractivity contribution in [3.05, 3.63) is 20.7 Å². The van der Waals surface area contributed by atoms with Gasteiger partial charge in [-0.1, -0.05) is 11.3 Å². The number of amides is 1. The SMILES string of the molecule is CCOC(=O)NCc1csc(=O)[nH]1. The topological polar surface area (TPSA) is 71.2 Å². The zero-order valence-electron chi connectivity index (χ0n) is 7.12. The van der Waals surface area contributed by atoms with Gasteiger partial charge < -0.3 is 15.0 Å². The third kappa shape index (κ3) is 3.29. The molecule has 6 heteroatoms. The molecule has 0 radical (unpaired) electrons. The minimum atomic E-state index is -0.477. The lowest BCUT2D eigenvalue weighted by atomic mass is 10.5. The lowest BCUT2D eigenvalue weighted by molar-refractivity contribution is 0.151. The van der Waals surface area contributed by atoms with Crippen LogP contribution in [0.3, 0.4) is 0 Å². The number of hydrogen-bond acceptors (Lipinski definition) is 4. The molecule has 0 saturated heterocycles. The van der Waals surface area contributed by atoms with Gasteiger partial charge in [-0.05, 0) is 6.92 Å². The van der Waals surface area contributed by atoms with Crippen LogP contribution in [-0.4, -0.2) is 17.7 Å². The second-order valence-corrected chi connectivity index (χ2v) is 3.09. The zero-order chi connectivity index (χ0) is 9.68. The van der Waals surface area contributed by atoms with Crippen LogP contribution in [0.2, 0.25) is 0 Å². The van der Waals surface area contributed by atoms with Gasteiger partial charge in [-0.15, -0.1) is 0 Å². The normalized spacial score (nSPS) is 9.62. The van der Waals surface area contributed by atoms with Crippen LogP contribution < -0.4 is 10.2 Å². The first-order chi connectivity index (χ1) is 6.22. The van der Waals surface area contributed by atoms with Crippen molar-refractivity contribution in [1.29, 1.82) is 0 Å². The van der Waals surface area contributed by atoms with Crippen molar-refractivity contribution in [1.82, 2.24) is 10.3 Å². The summed E-state index contributed by atoms with van der Waals surface area (Å²) in [6, 6.07) is 0. The molecule has 1 rings (SSSR count). The lowest BCUT2D eigenvalue weighted by Gasteiger charge is -2.02. The van der Waals surface area contributed by atoms with E-state index in [0.717, 1.165) is 11.3 Å². The molecule has 1 aromatic heterocycles. The second kappa shape index (κ2) is 4.66. The van der Waals surface area contributed by atoms with E-state index >= 15 is 0 Å². The fourth-order valence-electron chi connectivity index (χ4n) is 0.750. The number of aromatic amines is 1. The van der Waals surface area contributed by atoms with Crippen LogP contribution in [0.1, 0.15) is 12.6 Å². The van der Waals surface area contributed by atoms with Crippen molar-refractivity contribution >= 4 is 17.4 Å². The Morgan fingerprint density at radius 2 is 2.54 bits per heavy atom. The summed E-state index contributed by atoms with van der Waals surface area (Å²) in [5.74, 6) is 0. The number of H-pyrrole nitrogens is 1. The first-order valence-corrected chi connectivity index (χ1v) is 4.67. The molecule has 2 N–H and O–H groups in total. The summed E-state index contributed by atoms with van der Waals surface area (Å²) in [7, 11) is 0. The van der Waals surface area contributed by atoms with E-state index in [0.29, 0.717) is 12.3 Å². The highest BCUT2D eigenvalue weighted by molar-refractivity contribution is 7.07. The van der Waals surface area contributed by atoms with E-state index in [9.17, 15) is 9.59 Å². The molecule has 72 valence electrons. The number of alkyl carbamates (subject to hydrolysis) is 1. The number of carbonyl (C=O) groups is 1. The van der Waals surface area contributed by atoms with Gasteiger partial charge in [0.05, 0.1) is 13.2 Å². The maximum absolute atomic E-state index is 10.8. The molecule has 13 heavy (non-hydrogen) atoms. The van der Waals surface area contributed by atoms with E-state index in [1.165, 1.54) is 0 Å². The Labute approximate surface area is 78.7 Å². The van der Waals surface area contributed by atoms with Crippen molar-refractivity contribution in [3.63, 3.8) is 0 Å². The number of ether oxygens (including phenoxy) is 1. The Hall–Kier alpha value is -1.30. The molecule has 0 saturated carbocycles. The van der Waals surface area contributed by atoms with Gasteiger partial charge in [0.15, 0.2) is 0 Å². The number of thiazole rings is 1.